The summed E-state index contributed by atoms with van der Waals surface area (Å²) in [6.45, 7) is 4.68. The molecule has 4 aromatic rings. The summed E-state index contributed by atoms with van der Waals surface area (Å²) in [6.07, 6.45) is 2.80. The number of aliphatic carboxylic acids is 1. The van der Waals surface area contributed by atoms with Crippen LogP contribution >= 0.6 is 0 Å². The van der Waals surface area contributed by atoms with Crippen molar-refractivity contribution in [3.05, 3.63) is 89.5 Å². The average molecular weight is 503 g/mol. The number of hydrogen-bond donors (Lipinski definition) is 6. The predicted molar refractivity (Wildman–Crippen MR) is 143 cm³/mol. The summed E-state index contributed by atoms with van der Waals surface area (Å²) in [4.78, 5) is 35.6. The van der Waals surface area contributed by atoms with E-state index >= 15 is 0 Å². The second kappa shape index (κ2) is 11.9. The molecular formula is C28H34N6O3. The summed E-state index contributed by atoms with van der Waals surface area (Å²) in [5.41, 5.74) is 10.7. The first-order chi connectivity index (χ1) is 17.8. The van der Waals surface area contributed by atoms with Crippen LogP contribution in [0.4, 0.5) is 0 Å². The molecule has 0 fully saturated rings. The molecule has 2 heterocycles. The smallest absolute Gasteiger partial charge is 0.326 e. The number of rotatable bonds is 12. The first-order valence-electron chi connectivity index (χ1n) is 12.5. The van der Waals surface area contributed by atoms with Crippen LogP contribution in [-0.4, -0.2) is 44.5 Å². The highest BCUT2D eigenvalue weighted by Crippen LogP contribution is 2.28. The van der Waals surface area contributed by atoms with Crippen molar-refractivity contribution < 1.29 is 14.7 Å². The fourth-order valence-corrected chi connectivity index (χ4v) is 4.35. The normalized spacial score (nSPS) is 14.7. The highest BCUT2D eigenvalue weighted by molar-refractivity contribution is 5.96. The SMILES string of the molecule is CC(NCCC[C@H](NC(=O)c1ccc(C(N)C(C)c2nc3ccccc3[nH]2)cc1)C(=O)O)c1ccc[nH]1. The van der Waals surface area contributed by atoms with Crippen LogP contribution < -0.4 is 16.4 Å². The molecule has 3 unspecified atom stereocenters. The van der Waals surface area contributed by atoms with Gasteiger partial charge in [0.05, 0.1) is 11.0 Å². The molecule has 194 valence electrons. The third-order valence-electron chi connectivity index (χ3n) is 6.75. The van der Waals surface area contributed by atoms with Gasteiger partial charge in [-0.1, -0.05) is 31.2 Å². The van der Waals surface area contributed by atoms with E-state index in [2.05, 4.69) is 25.6 Å². The molecule has 0 aliphatic carbocycles. The summed E-state index contributed by atoms with van der Waals surface area (Å²) in [7, 11) is 0. The van der Waals surface area contributed by atoms with E-state index in [1.807, 2.05) is 56.4 Å². The van der Waals surface area contributed by atoms with Gasteiger partial charge >= 0.3 is 5.97 Å². The van der Waals surface area contributed by atoms with Crippen molar-refractivity contribution in [1.29, 1.82) is 0 Å². The van der Waals surface area contributed by atoms with E-state index < -0.39 is 17.9 Å². The Kier molecular flexibility index (Phi) is 8.37. The number of carbonyl (C=O) groups is 2. The number of aromatic nitrogens is 3. The molecule has 4 rings (SSSR count). The number of nitrogens with one attached hydrogen (secondary N) is 4. The maximum atomic E-state index is 12.8. The third kappa shape index (κ3) is 6.44. The van der Waals surface area contributed by atoms with Crippen molar-refractivity contribution in [1.82, 2.24) is 25.6 Å². The molecule has 0 spiro atoms. The number of carboxylic acids is 1. The van der Waals surface area contributed by atoms with Crippen LogP contribution in [-0.2, 0) is 4.79 Å². The summed E-state index contributed by atoms with van der Waals surface area (Å²) < 4.78 is 0. The number of aromatic amines is 2. The fraction of sp³-hybridized carbons (Fsp3) is 0.321. The molecule has 0 aliphatic rings. The molecule has 0 radical (unpaired) electrons. The van der Waals surface area contributed by atoms with Gasteiger partial charge in [-0.25, -0.2) is 9.78 Å². The Bertz CT molecular complexity index is 1280. The van der Waals surface area contributed by atoms with Gasteiger partial charge < -0.3 is 31.4 Å². The standard InChI is InChI=1S/C28H34N6O3/c1-17(26-32-22-7-3-4-8-23(22)33-26)25(29)19-11-13-20(14-12-19)27(35)34-24(28(36)37)10-6-15-30-18(2)21-9-5-16-31-21/h3-5,7-9,11-14,16-18,24-25,30-31H,6,10,15,29H2,1-2H3,(H,32,33)(H,34,35)(H,36,37)/t17?,18?,24-,25?/m0/s1. The van der Waals surface area contributed by atoms with Crippen molar-refractivity contribution >= 4 is 22.9 Å². The summed E-state index contributed by atoms with van der Waals surface area (Å²) in [6, 6.07) is 17.6. The molecule has 0 aliphatic heterocycles. The molecule has 7 N–H and O–H groups in total. The molecule has 0 saturated heterocycles. The number of benzene rings is 2. The van der Waals surface area contributed by atoms with Gasteiger partial charge in [-0.2, -0.15) is 0 Å². The topological polar surface area (TPSA) is 149 Å². The monoisotopic (exact) mass is 502 g/mol. The Balaban J connectivity index is 1.31. The van der Waals surface area contributed by atoms with E-state index in [-0.39, 0.29) is 18.0 Å². The van der Waals surface area contributed by atoms with Gasteiger partial charge in [0.1, 0.15) is 11.9 Å². The minimum Gasteiger partial charge on any atom is -0.480 e. The van der Waals surface area contributed by atoms with Crippen LogP contribution in [0.15, 0.2) is 66.9 Å². The minimum atomic E-state index is -1.05. The van der Waals surface area contributed by atoms with E-state index in [0.29, 0.717) is 24.9 Å². The summed E-state index contributed by atoms with van der Waals surface area (Å²) in [5, 5.41) is 15.6. The Morgan fingerprint density at radius 2 is 1.81 bits per heavy atom. The second-order valence-electron chi connectivity index (χ2n) is 9.38. The lowest BCUT2D eigenvalue weighted by Gasteiger charge is -2.19. The molecule has 37 heavy (non-hydrogen) atoms. The molecule has 2 aromatic carbocycles. The quantitative estimate of drug-likeness (QED) is 0.161. The number of fused-ring (bicyclic) bond motifs is 1. The Morgan fingerprint density at radius 3 is 2.49 bits per heavy atom. The van der Waals surface area contributed by atoms with E-state index in [9.17, 15) is 14.7 Å². The maximum Gasteiger partial charge on any atom is 0.326 e. The van der Waals surface area contributed by atoms with Gasteiger partial charge in [0.25, 0.3) is 5.91 Å². The lowest BCUT2D eigenvalue weighted by atomic mass is 9.94. The highest BCUT2D eigenvalue weighted by atomic mass is 16.4. The van der Waals surface area contributed by atoms with Crippen molar-refractivity contribution in [3.8, 4) is 0 Å². The number of hydrogen-bond acceptors (Lipinski definition) is 5. The van der Waals surface area contributed by atoms with Gasteiger partial charge in [0, 0.05) is 35.5 Å². The number of nitrogens with two attached hydrogens (primary N) is 1. The first-order valence-corrected chi connectivity index (χ1v) is 12.5. The van der Waals surface area contributed by atoms with Gasteiger partial charge in [0.15, 0.2) is 0 Å². The maximum absolute atomic E-state index is 12.8. The molecule has 0 bridgehead atoms. The summed E-state index contributed by atoms with van der Waals surface area (Å²) in [5.74, 6) is -0.747. The van der Waals surface area contributed by atoms with Crippen LogP contribution in [0.25, 0.3) is 11.0 Å². The molecule has 9 nitrogen and oxygen atoms in total. The van der Waals surface area contributed by atoms with Gasteiger partial charge in [0.2, 0.25) is 0 Å². The molecule has 9 heteroatoms. The Morgan fingerprint density at radius 1 is 1.05 bits per heavy atom. The van der Waals surface area contributed by atoms with Crippen molar-refractivity contribution in [2.45, 2.75) is 50.7 Å². The highest BCUT2D eigenvalue weighted by Gasteiger charge is 2.22. The molecule has 2 aromatic heterocycles. The zero-order chi connectivity index (χ0) is 26.4. The number of carboxylic acid groups (broad SMARTS) is 1. The van der Waals surface area contributed by atoms with Gasteiger partial charge in [-0.3, -0.25) is 4.79 Å². The summed E-state index contributed by atoms with van der Waals surface area (Å²) >= 11 is 0. The zero-order valence-corrected chi connectivity index (χ0v) is 21.1. The number of carbonyl (C=O) groups excluding carboxylic acids is 1. The number of amides is 1. The molecule has 0 saturated carbocycles. The molecule has 4 atom stereocenters. The predicted octanol–water partition coefficient (Wildman–Crippen LogP) is 4.01. The molecular weight excluding hydrogens is 468 g/mol. The number of imidazole rings is 1. The molecule has 1 amide bonds. The Hall–Kier alpha value is -3.95. The Labute approximate surface area is 215 Å². The van der Waals surface area contributed by atoms with Gasteiger partial charge in [-0.05, 0) is 68.3 Å². The lowest BCUT2D eigenvalue weighted by Crippen LogP contribution is -2.41. The third-order valence-corrected chi connectivity index (χ3v) is 6.75. The number of H-pyrrole nitrogens is 2. The van der Waals surface area contributed by atoms with Crippen LogP contribution in [0.1, 0.15) is 72.1 Å². The fourth-order valence-electron chi connectivity index (χ4n) is 4.35. The van der Waals surface area contributed by atoms with E-state index in [4.69, 9.17) is 5.73 Å². The largest absolute Gasteiger partial charge is 0.480 e. The van der Waals surface area contributed by atoms with Crippen LogP contribution in [0.2, 0.25) is 0 Å². The van der Waals surface area contributed by atoms with Crippen LogP contribution in [0, 0.1) is 0 Å². The van der Waals surface area contributed by atoms with E-state index in [1.54, 1.807) is 24.3 Å². The minimum absolute atomic E-state index is 0.0724. The zero-order valence-electron chi connectivity index (χ0n) is 21.1. The van der Waals surface area contributed by atoms with Crippen molar-refractivity contribution in [2.75, 3.05) is 6.54 Å². The van der Waals surface area contributed by atoms with Gasteiger partial charge in [-0.15, -0.1) is 0 Å². The number of nitrogens with zero attached hydrogens (tertiary/aromatic N) is 1. The van der Waals surface area contributed by atoms with Crippen LogP contribution in [0.5, 0.6) is 0 Å². The van der Waals surface area contributed by atoms with E-state index in [1.165, 1.54) is 0 Å². The van der Waals surface area contributed by atoms with E-state index in [0.717, 1.165) is 28.1 Å². The second-order valence-corrected chi connectivity index (χ2v) is 9.38. The van der Waals surface area contributed by atoms with Crippen molar-refractivity contribution in [2.24, 2.45) is 5.73 Å². The lowest BCUT2D eigenvalue weighted by molar-refractivity contribution is -0.139. The average Bonchev–Trinajstić information content (AvgIpc) is 3.60. The number of para-hydroxylation sites is 2. The first kappa shape index (κ1) is 26.1. The van der Waals surface area contributed by atoms with Crippen molar-refractivity contribution in [3.63, 3.8) is 0 Å². The van der Waals surface area contributed by atoms with Crippen LogP contribution in [0.3, 0.4) is 0 Å².